The lowest BCUT2D eigenvalue weighted by Crippen LogP contribution is -2.45. The fourth-order valence-corrected chi connectivity index (χ4v) is 3.13. The Kier molecular flexibility index (Phi) is 5.42. The molecule has 2 aliphatic rings. The van der Waals surface area contributed by atoms with E-state index in [1.54, 1.807) is 7.11 Å². The van der Waals surface area contributed by atoms with Crippen LogP contribution in [0.25, 0.3) is 0 Å². The first-order valence-corrected chi connectivity index (χ1v) is 7.25. The van der Waals surface area contributed by atoms with Crippen molar-refractivity contribution in [3.05, 3.63) is 0 Å². The van der Waals surface area contributed by atoms with Crippen molar-refractivity contribution >= 4 is 0 Å². The molecule has 2 fully saturated rings. The third-order valence-electron chi connectivity index (χ3n) is 4.17. The molecule has 2 aliphatic heterocycles. The van der Waals surface area contributed by atoms with E-state index in [1.165, 1.54) is 45.4 Å². The van der Waals surface area contributed by atoms with Crippen LogP contribution in [0.2, 0.25) is 0 Å². The molecular weight excluding hydrogens is 228 g/mol. The summed E-state index contributed by atoms with van der Waals surface area (Å²) in [5, 5.41) is 3.48. The molecule has 4 heteroatoms. The predicted molar refractivity (Wildman–Crippen MR) is 72.9 cm³/mol. The molecule has 2 atom stereocenters. The molecule has 2 rings (SSSR count). The molecule has 2 unspecified atom stereocenters. The second-order valence-electron chi connectivity index (χ2n) is 6.10. The quantitative estimate of drug-likeness (QED) is 0.722. The summed E-state index contributed by atoms with van der Waals surface area (Å²) < 4.78 is 10.9. The molecular formula is C14H28N2O2. The highest BCUT2D eigenvalue weighted by molar-refractivity contribution is 4.88. The average Bonchev–Trinajstić information content (AvgIpc) is 2.76. The first-order chi connectivity index (χ1) is 8.72. The molecule has 0 spiro atoms. The van der Waals surface area contributed by atoms with Crippen molar-refractivity contribution in [3.8, 4) is 0 Å². The van der Waals surface area contributed by atoms with Crippen LogP contribution < -0.4 is 5.32 Å². The minimum Gasteiger partial charge on any atom is -0.382 e. The molecule has 0 aromatic rings. The van der Waals surface area contributed by atoms with Gasteiger partial charge in [0.1, 0.15) is 0 Å². The Morgan fingerprint density at radius 1 is 1.39 bits per heavy atom. The van der Waals surface area contributed by atoms with Gasteiger partial charge in [0.25, 0.3) is 0 Å². The topological polar surface area (TPSA) is 33.7 Å². The van der Waals surface area contributed by atoms with E-state index in [0.717, 1.165) is 13.2 Å². The van der Waals surface area contributed by atoms with Crippen molar-refractivity contribution in [1.82, 2.24) is 10.2 Å². The average molecular weight is 256 g/mol. The minimum atomic E-state index is 0.409. The number of methoxy groups -OCH3 is 1. The summed E-state index contributed by atoms with van der Waals surface area (Å²) >= 11 is 0. The van der Waals surface area contributed by atoms with E-state index >= 15 is 0 Å². The van der Waals surface area contributed by atoms with Crippen molar-refractivity contribution in [2.45, 2.75) is 32.3 Å². The van der Waals surface area contributed by atoms with E-state index in [4.69, 9.17) is 9.47 Å². The number of likely N-dealkylation sites (tertiary alicyclic amines) is 1. The summed E-state index contributed by atoms with van der Waals surface area (Å²) in [5.41, 5.74) is 0.467. The lowest BCUT2D eigenvalue weighted by Gasteiger charge is -2.37. The van der Waals surface area contributed by atoms with Gasteiger partial charge in [-0.15, -0.1) is 0 Å². The normalized spacial score (nSPS) is 34.0. The highest BCUT2D eigenvalue weighted by Gasteiger charge is 2.32. The number of rotatable bonds is 6. The molecule has 4 nitrogen and oxygen atoms in total. The zero-order valence-electron chi connectivity index (χ0n) is 11.9. The number of piperidine rings is 1. The van der Waals surface area contributed by atoms with Crippen molar-refractivity contribution in [3.63, 3.8) is 0 Å². The van der Waals surface area contributed by atoms with E-state index in [-0.39, 0.29) is 0 Å². The van der Waals surface area contributed by atoms with E-state index in [9.17, 15) is 0 Å². The molecule has 2 heterocycles. The van der Waals surface area contributed by atoms with Gasteiger partial charge in [-0.2, -0.15) is 0 Å². The maximum absolute atomic E-state index is 5.87. The summed E-state index contributed by atoms with van der Waals surface area (Å²) in [4.78, 5) is 2.59. The standard InChI is InChI=1S/C14H28N2O2/c1-14(5-6-15-11-14)12-16-7-3-4-13(10-16)18-9-8-17-2/h13,15H,3-12H2,1-2H3. The van der Waals surface area contributed by atoms with Crippen LogP contribution in [0.3, 0.4) is 0 Å². The van der Waals surface area contributed by atoms with Crippen LogP contribution in [0.15, 0.2) is 0 Å². The van der Waals surface area contributed by atoms with Crippen LogP contribution in [0.5, 0.6) is 0 Å². The van der Waals surface area contributed by atoms with Crippen molar-refractivity contribution in [2.24, 2.45) is 5.41 Å². The lowest BCUT2D eigenvalue weighted by atomic mass is 9.88. The SMILES string of the molecule is COCCOC1CCCN(CC2(C)CCNC2)C1. The van der Waals surface area contributed by atoms with Crippen molar-refractivity contribution in [2.75, 3.05) is 53.0 Å². The monoisotopic (exact) mass is 256 g/mol. The van der Waals surface area contributed by atoms with Gasteiger partial charge in [0.15, 0.2) is 0 Å². The Bertz CT molecular complexity index is 242. The molecule has 0 aromatic carbocycles. The van der Waals surface area contributed by atoms with Crippen LogP contribution in [-0.4, -0.2) is 64.1 Å². The summed E-state index contributed by atoms with van der Waals surface area (Å²) in [6.45, 7) is 9.73. The van der Waals surface area contributed by atoms with Crippen LogP contribution in [0.1, 0.15) is 26.2 Å². The van der Waals surface area contributed by atoms with E-state index in [2.05, 4.69) is 17.1 Å². The molecule has 0 amide bonds. The number of ether oxygens (including phenoxy) is 2. The zero-order valence-corrected chi connectivity index (χ0v) is 11.9. The first-order valence-electron chi connectivity index (χ1n) is 7.25. The second kappa shape index (κ2) is 6.85. The molecule has 0 radical (unpaired) electrons. The number of hydrogen-bond acceptors (Lipinski definition) is 4. The highest BCUT2D eigenvalue weighted by Crippen LogP contribution is 2.27. The van der Waals surface area contributed by atoms with Gasteiger partial charge in [0, 0.05) is 26.7 Å². The zero-order chi connectivity index (χ0) is 12.8. The van der Waals surface area contributed by atoms with Crippen LogP contribution in [0, 0.1) is 5.41 Å². The van der Waals surface area contributed by atoms with Gasteiger partial charge in [-0.3, -0.25) is 0 Å². The smallest absolute Gasteiger partial charge is 0.0704 e. The lowest BCUT2D eigenvalue weighted by molar-refractivity contribution is -0.0269. The van der Waals surface area contributed by atoms with Gasteiger partial charge >= 0.3 is 0 Å². The third kappa shape index (κ3) is 4.19. The summed E-state index contributed by atoms with van der Waals surface area (Å²) in [6.07, 6.45) is 4.18. The molecule has 18 heavy (non-hydrogen) atoms. The molecule has 0 bridgehead atoms. The highest BCUT2D eigenvalue weighted by atomic mass is 16.5. The maximum atomic E-state index is 5.87. The van der Waals surface area contributed by atoms with Gasteiger partial charge in [-0.05, 0) is 37.8 Å². The Hall–Kier alpha value is -0.160. The van der Waals surface area contributed by atoms with Gasteiger partial charge in [0.2, 0.25) is 0 Å². The summed E-state index contributed by atoms with van der Waals surface area (Å²) in [6, 6.07) is 0. The van der Waals surface area contributed by atoms with Gasteiger partial charge < -0.3 is 19.7 Å². The van der Waals surface area contributed by atoms with Crippen molar-refractivity contribution < 1.29 is 9.47 Å². The van der Waals surface area contributed by atoms with Gasteiger partial charge in [0.05, 0.1) is 19.3 Å². The van der Waals surface area contributed by atoms with Crippen LogP contribution in [0.4, 0.5) is 0 Å². The van der Waals surface area contributed by atoms with E-state index < -0.39 is 0 Å². The molecule has 0 aliphatic carbocycles. The Morgan fingerprint density at radius 3 is 3.00 bits per heavy atom. The Labute approximate surface area is 111 Å². The molecule has 0 aromatic heterocycles. The molecule has 106 valence electrons. The fraction of sp³-hybridized carbons (Fsp3) is 1.00. The van der Waals surface area contributed by atoms with E-state index in [0.29, 0.717) is 18.1 Å². The molecule has 1 N–H and O–H groups in total. The van der Waals surface area contributed by atoms with Gasteiger partial charge in [-0.1, -0.05) is 6.92 Å². The Morgan fingerprint density at radius 2 is 2.28 bits per heavy atom. The first kappa shape index (κ1) is 14.3. The van der Waals surface area contributed by atoms with Crippen LogP contribution in [-0.2, 0) is 9.47 Å². The predicted octanol–water partition coefficient (Wildman–Crippen LogP) is 1.11. The minimum absolute atomic E-state index is 0.409. The van der Waals surface area contributed by atoms with E-state index in [1.807, 2.05) is 0 Å². The maximum Gasteiger partial charge on any atom is 0.0704 e. The van der Waals surface area contributed by atoms with Crippen LogP contribution >= 0.6 is 0 Å². The largest absolute Gasteiger partial charge is 0.382 e. The Balaban J connectivity index is 1.72. The number of nitrogens with one attached hydrogen (secondary N) is 1. The van der Waals surface area contributed by atoms with Crippen molar-refractivity contribution in [1.29, 1.82) is 0 Å². The summed E-state index contributed by atoms with van der Waals surface area (Å²) in [7, 11) is 1.73. The second-order valence-corrected chi connectivity index (χ2v) is 6.10. The fourth-order valence-electron chi connectivity index (χ4n) is 3.13. The molecule has 2 saturated heterocycles. The number of hydrogen-bond donors (Lipinski definition) is 1. The number of nitrogens with zero attached hydrogens (tertiary/aromatic N) is 1. The third-order valence-corrected chi connectivity index (χ3v) is 4.17. The van der Waals surface area contributed by atoms with Gasteiger partial charge in [-0.25, -0.2) is 0 Å². The summed E-state index contributed by atoms with van der Waals surface area (Å²) in [5.74, 6) is 0. The molecule has 0 saturated carbocycles.